The molecule has 86 valence electrons. The first-order valence-electron chi connectivity index (χ1n) is 4.69. The number of para-hydroxylation sites is 1. The van der Waals surface area contributed by atoms with Gasteiger partial charge >= 0.3 is 12.1 Å². The van der Waals surface area contributed by atoms with Gasteiger partial charge in [-0.25, -0.2) is 0 Å². The number of alkyl halides is 3. The van der Waals surface area contributed by atoms with Crippen molar-refractivity contribution in [2.45, 2.75) is 12.2 Å². The summed E-state index contributed by atoms with van der Waals surface area (Å²) >= 11 is 0. The lowest BCUT2D eigenvalue weighted by molar-refractivity contribution is -0.174. The number of hydrogen-bond donors (Lipinski definition) is 2. The maximum Gasteiger partial charge on any atom is 0.471 e. The Bertz CT molecular complexity index is 417. The van der Waals surface area contributed by atoms with Crippen molar-refractivity contribution < 1.29 is 18.0 Å². The van der Waals surface area contributed by atoms with Gasteiger partial charge in [0.05, 0.1) is 6.04 Å². The summed E-state index contributed by atoms with van der Waals surface area (Å²) < 4.78 is 36.1. The third-order valence-electron chi connectivity index (χ3n) is 2.40. The van der Waals surface area contributed by atoms with Gasteiger partial charge in [0.15, 0.2) is 0 Å². The zero-order chi connectivity index (χ0) is 11.8. The highest BCUT2D eigenvalue weighted by molar-refractivity contribution is 5.82. The number of anilines is 1. The minimum Gasteiger partial charge on any atom is -0.382 e. The van der Waals surface area contributed by atoms with Crippen LogP contribution in [0.15, 0.2) is 24.3 Å². The SMILES string of the molecule is O=C(NC1CNc2ccccc21)C(F)(F)F. The van der Waals surface area contributed by atoms with Crippen molar-refractivity contribution in [2.24, 2.45) is 0 Å². The number of nitrogens with one attached hydrogen (secondary N) is 2. The van der Waals surface area contributed by atoms with Crippen molar-refractivity contribution in [1.29, 1.82) is 0 Å². The monoisotopic (exact) mass is 230 g/mol. The van der Waals surface area contributed by atoms with Crippen LogP contribution in [0.2, 0.25) is 0 Å². The van der Waals surface area contributed by atoms with Gasteiger partial charge in [-0.3, -0.25) is 4.79 Å². The molecule has 3 nitrogen and oxygen atoms in total. The number of fused-ring (bicyclic) bond motifs is 1. The Kier molecular flexibility index (Phi) is 2.49. The van der Waals surface area contributed by atoms with Crippen LogP contribution in [-0.4, -0.2) is 18.6 Å². The van der Waals surface area contributed by atoms with Gasteiger partial charge in [-0.05, 0) is 11.6 Å². The Balaban J connectivity index is 2.12. The zero-order valence-corrected chi connectivity index (χ0v) is 8.14. The topological polar surface area (TPSA) is 41.1 Å². The van der Waals surface area contributed by atoms with Crippen molar-refractivity contribution in [3.63, 3.8) is 0 Å². The normalized spacial score (nSPS) is 18.8. The van der Waals surface area contributed by atoms with Crippen molar-refractivity contribution in [3.05, 3.63) is 29.8 Å². The number of rotatable bonds is 1. The van der Waals surface area contributed by atoms with Gasteiger partial charge in [-0.15, -0.1) is 0 Å². The summed E-state index contributed by atoms with van der Waals surface area (Å²) in [7, 11) is 0. The summed E-state index contributed by atoms with van der Waals surface area (Å²) in [4.78, 5) is 10.8. The molecule has 0 saturated carbocycles. The smallest absolute Gasteiger partial charge is 0.382 e. The highest BCUT2D eigenvalue weighted by Gasteiger charge is 2.40. The molecule has 0 fully saturated rings. The first-order chi connectivity index (χ1) is 7.48. The Labute approximate surface area is 89.6 Å². The van der Waals surface area contributed by atoms with Crippen LogP contribution in [0.1, 0.15) is 11.6 Å². The predicted molar refractivity (Wildman–Crippen MR) is 51.9 cm³/mol. The second-order valence-electron chi connectivity index (χ2n) is 3.49. The summed E-state index contributed by atoms with van der Waals surface area (Å²) in [6.45, 7) is 0.279. The lowest BCUT2D eigenvalue weighted by atomic mass is 10.1. The van der Waals surface area contributed by atoms with E-state index in [1.807, 2.05) is 5.32 Å². The summed E-state index contributed by atoms with van der Waals surface area (Å²) in [6.07, 6.45) is -4.84. The van der Waals surface area contributed by atoms with E-state index in [0.717, 1.165) is 5.69 Å². The van der Waals surface area contributed by atoms with Gasteiger partial charge in [-0.2, -0.15) is 13.2 Å². The molecule has 1 aromatic rings. The first kappa shape index (κ1) is 10.8. The Hall–Kier alpha value is -1.72. The van der Waals surface area contributed by atoms with Crippen LogP contribution in [0.5, 0.6) is 0 Å². The number of benzene rings is 1. The molecule has 0 bridgehead atoms. The van der Waals surface area contributed by atoms with Crippen LogP contribution in [0, 0.1) is 0 Å². The fourth-order valence-corrected chi connectivity index (χ4v) is 1.65. The van der Waals surface area contributed by atoms with Crippen LogP contribution in [0.25, 0.3) is 0 Å². The van der Waals surface area contributed by atoms with E-state index in [0.29, 0.717) is 5.56 Å². The largest absolute Gasteiger partial charge is 0.471 e. The molecule has 1 aliphatic rings. The van der Waals surface area contributed by atoms with Crippen LogP contribution in [0.3, 0.4) is 0 Å². The standard InChI is InChI=1S/C10H9F3N2O/c11-10(12,13)9(16)15-8-5-14-7-4-2-1-3-6(7)8/h1-4,8,14H,5H2,(H,15,16). The molecule has 1 atom stereocenters. The molecule has 0 aliphatic carbocycles. The van der Waals surface area contributed by atoms with Crippen LogP contribution in [0.4, 0.5) is 18.9 Å². The van der Waals surface area contributed by atoms with Crippen LogP contribution >= 0.6 is 0 Å². The summed E-state index contributed by atoms with van der Waals surface area (Å²) in [5, 5.41) is 4.87. The molecule has 1 aliphatic heterocycles. The molecule has 0 spiro atoms. The molecule has 2 rings (SSSR count). The average molecular weight is 230 g/mol. The minimum atomic E-state index is -4.84. The molecule has 1 aromatic carbocycles. The summed E-state index contributed by atoms with van der Waals surface area (Å²) in [5.74, 6) is -1.91. The maximum atomic E-state index is 12.0. The molecule has 16 heavy (non-hydrogen) atoms. The van der Waals surface area contributed by atoms with E-state index in [-0.39, 0.29) is 6.54 Å². The lowest BCUT2D eigenvalue weighted by Crippen LogP contribution is -2.39. The fourth-order valence-electron chi connectivity index (χ4n) is 1.65. The van der Waals surface area contributed by atoms with Gasteiger partial charge in [-0.1, -0.05) is 18.2 Å². The molecule has 0 saturated heterocycles. The van der Waals surface area contributed by atoms with E-state index in [2.05, 4.69) is 5.32 Å². The molecule has 1 amide bonds. The van der Waals surface area contributed by atoms with E-state index in [4.69, 9.17) is 0 Å². The summed E-state index contributed by atoms with van der Waals surface area (Å²) in [5.41, 5.74) is 1.44. The Morgan fingerprint density at radius 3 is 2.75 bits per heavy atom. The minimum absolute atomic E-state index is 0.279. The predicted octanol–water partition coefficient (Wildman–Crippen LogP) is 1.83. The van der Waals surface area contributed by atoms with Crippen LogP contribution < -0.4 is 10.6 Å². The molecule has 1 heterocycles. The quantitative estimate of drug-likeness (QED) is 0.772. The fraction of sp³-hybridized carbons (Fsp3) is 0.300. The van der Waals surface area contributed by atoms with Crippen molar-refractivity contribution in [2.75, 3.05) is 11.9 Å². The van der Waals surface area contributed by atoms with E-state index in [1.165, 1.54) is 0 Å². The van der Waals surface area contributed by atoms with Crippen molar-refractivity contribution in [1.82, 2.24) is 5.32 Å². The average Bonchev–Trinajstić information content (AvgIpc) is 2.61. The maximum absolute atomic E-state index is 12.0. The van der Waals surface area contributed by atoms with Gasteiger partial charge in [0.2, 0.25) is 0 Å². The number of halogens is 3. The highest BCUT2D eigenvalue weighted by atomic mass is 19.4. The van der Waals surface area contributed by atoms with Crippen molar-refractivity contribution in [3.8, 4) is 0 Å². The Morgan fingerprint density at radius 1 is 1.38 bits per heavy atom. The van der Waals surface area contributed by atoms with Gasteiger partial charge in [0, 0.05) is 12.2 Å². The third-order valence-corrected chi connectivity index (χ3v) is 2.40. The van der Waals surface area contributed by atoms with Gasteiger partial charge in [0.1, 0.15) is 0 Å². The third kappa shape index (κ3) is 1.95. The lowest BCUT2D eigenvalue weighted by Gasteiger charge is -2.14. The number of carbonyl (C=O) groups is 1. The second-order valence-corrected chi connectivity index (χ2v) is 3.49. The molecular weight excluding hydrogens is 221 g/mol. The van der Waals surface area contributed by atoms with Crippen LogP contribution in [-0.2, 0) is 4.79 Å². The Morgan fingerprint density at radius 2 is 2.06 bits per heavy atom. The van der Waals surface area contributed by atoms with E-state index in [9.17, 15) is 18.0 Å². The second kappa shape index (κ2) is 3.70. The molecular formula is C10H9F3N2O. The molecule has 1 unspecified atom stereocenters. The number of carbonyl (C=O) groups excluding carboxylic acids is 1. The zero-order valence-electron chi connectivity index (χ0n) is 8.14. The number of hydrogen-bond acceptors (Lipinski definition) is 2. The molecule has 0 radical (unpaired) electrons. The van der Waals surface area contributed by atoms with E-state index >= 15 is 0 Å². The van der Waals surface area contributed by atoms with E-state index < -0.39 is 18.1 Å². The number of amides is 1. The summed E-state index contributed by atoms with van der Waals surface area (Å²) in [6, 6.07) is 6.33. The molecule has 6 heteroatoms. The van der Waals surface area contributed by atoms with E-state index in [1.54, 1.807) is 24.3 Å². The van der Waals surface area contributed by atoms with Gasteiger partial charge in [0.25, 0.3) is 0 Å². The van der Waals surface area contributed by atoms with Crippen molar-refractivity contribution >= 4 is 11.6 Å². The molecule has 2 N–H and O–H groups in total. The van der Waals surface area contributed by atoms with Gasteiger partial charge < -0.3 is 10.6 Å². The molecule has 0 aromatic heterocycles. The highest BCUT2D eigenvalue weighted by Crippen LogP contribution is 2.29. The first-order valence-corrected chi connectivity index (χ1v) is 4.69.